The first-order valence-corrected chi connectivity index (χ1v) is 12.2. The summed E-state index contributed by atoms with van der Waals surface area (Å²) in [6.45, 7) is 5.08. The highest BCUT2D eigenvalue weighted by atomic mass is 16.5. The molecule has 0 bridgehead atoms. The number of methoxy groups -OCH3 is 1. The molecule has 0 N–H and O–H groups in total. The van der Waals surface area contributed by atoms with Crippen molar-refractivity contribution in [3.63, 3.8) is 0 Å². The number of benzene rings is 3. The lowest BCUT2D eigenvalue weighted by molar-refractivity contribution is 0.0736. The second-order valence-electron chi connectivity index (χ2n) is 9.19. The Morgan fingerprint density at radius 1 is 0.865 bits per heavy atom. The number of carbonyl (C=O) groups is 1. The zero-order chi connectivity index (χ0) is 25.5. The molecule has 184 valence electrons. The number of rotatable bonds is 6. The van der Waals surface area contributed by atoms with Gasteiger partial charge in [0.15, 0.2) is 11.4 Å². The predicted molar refractivity (Wildman–Crippen MR) is 144 cm³/mol. The van der Waals surface area contributed by atoms with E-state index in [9.17, 15) is 4.79 Å². The lowest BCUT2D eigenvalue weighted by Gasteiger charge is -2.10. The molecule has 6 rings (SSSR count). The molecule has 0 aliphatic heterocycles. The highest BCUT2D eigenvalue weighted by molar-refractivity contribution is 6.03. The minimum absolute atomic E-state index is 0.417. The molecule has 7 heteroatoms. The molecule has 7 nitrogen and oxygen atoms in total. The molecule has 0 amide bonds. The molecule has 0 atom stereocenters. The number of hydrogen-bond donors (Lipinski definition) is 0. The molecule has 0 saturated carbocycles. The van der Waals surface area contributed by atoms with Crippen molar-refractivity contribution in [3.8, 4) is 17.1 Å². The standard InChI is InChI=1S/C30H26N4O3/c1-19-8-12-21(13-9-19)27-32-28-26(29-31-23-6-4-5-7-24(23)34(27)29)25(18-33(28)16-17-36-3)37-30(35)22-14-10-20(2)11-15-22/h4-15,18H,16-17H2,1-3H3. The van der Waals surface area contributed by atoms with Gasteiger partial charge in [-0.1, -0.05) is 59.7 Å². The van der Waals surface area contributed by atoms with Gasteiger partial charge in [0.1, 0.15) is 16.9 Å². The summed E-state index contributed by atoms with van der Waals surface area (Å²) >= 11 is 0. The van der Waals surface area contributed by atoms with Crippen molar-refractivity contribution in [1.82, 2.24) is 18.9 Å². The Morgan fingerprint density at radius 3 is 2.30 bits per heavy atom. The van der Waals surface area contributed by atoms with E-state index in [-0.39, 0.29) is 0 Å². The normalized spacial score (nSPS) is 11.5. The van der Waals surface area contributed by atoms with Gasteiger partial charge in [-0.2, -0.15) is 0 Å². The van der Waals surface area contributed by atoms with Crippen molar-refractivity contribution in [2.24, 2.45) is 0 Å². The number of ether oxygens (including phenoxy) is 2. The molecule has 3 heterocycles. The van der Waals surface area contributed by atoms with E-state index in [1.807, 2.05) is 58.5 Å². The summed E-state index contributed by atoms with van der Waals surface area (Å²) in [7, 11) is 1.66. The first-order chi connectivity index (χ1) is 18.0. The summed E-state index contributed by atoms with van der Waals surface area (Å²) in [4.78, 5) is 23.2. The average Bonchev–Trinajstić information content (AvgIpc) is 3.46. The molecular weight excluding hydrogens is 464 g/mol. The van der Waals surface area contributed by atoms with Crippen LogP contribution in [0, 0.1) is 13.8 Å². The van der Waals surface area contributed by atoms with E-state index in [4.69, 9.17) is 19.4 Å². The SMILES string of the molecule is COCCn1cc(OC(=O)c2ccc(C)cc2)c2c1nc(-c1ccc(C)cc1)n1c3ccccc3nc21. The molecule has 0 fully saturated rings. The Hall–Kier alpha value is -4.49. The summed E-state index contributed by atoms with van der Waals surface area (Å²) in [5.74, 6) is 0.756. The molecule has 0 spiro atoms. The van der Waals surface area contributed by atoms with Crippen LogP contribution >= 0.6 is 0 Å². The Morgan fingerprint density at radius 2 is 1.57 bits per heavy atom. The van der Waals surface area contributed by atoms with Gasteiger partial charge >= 0.3 is 5.97 Å². The summed E-state index contributed by atoms with van der Waals surface area (Å²) in [5.41, 5.74) is 6.84. The van der Waals surface area contributed by atoms with Gasteiger partial charge in [0, 0.05) is 25.4 Å². The van der Waals surface area contributed by atoms with Crippen LogP contribution < -0.4 is 4.74 Å². The van der Waals surface area contributed by atoms with E-state index in [0.29, 0.717) is 41.1 Å². The Bertz CT molecular complexity index is 1760. The van der Waals surface area contributed by atoms with Gasteiger partial charge in [0.2, 0.25) is 0 Å². The fourth-order valence-electron chi connectivity index (χ4n) is 4.59. The van der Waals surface area contributed by atoms with Gasteiger partial charge in [-0.05, 0) is 38.1 Å². The maximum Gasteiger partial charge on any atom is 0.343 e. The molecule has 0 aliphatic rings. The van der Waals surface area contributed by atoms with Crippen molar-refractivity contribution < 1.29 is 14.3 Å². The van der Waals surface area contributed by atoms with Crippen LogP contribution in [0.3, 0.4) is 0 Å². The number of aryl methyl sites for hydroxylation is 2. The van der Waals surface area contributed by atoms with Gasteiger partial charge in [0.05, 0.1) is 23.2 Å². The van der Waals surface area contributed by atoms with Crippen LogP contribution in [0.2, 0.25) is 0 Å². The summed E-state index contributed by atoms with van der Waals surface area (Å²) in [6.07, 6.45) is 1.82. The van der Waals surface area contributed by atoms with E-state index < -0.39 is 5.97 Å². The van der Waals surface area contributed by atoms with E-state index in [0.717, 1.165) is 28.0 Å². The van der Waals surface area contributed by atoms with Crippen LogP contribution in [0.25, 0.3) is 39.1 Å². The van der Waals surface area contributed by atoms with E-state index in [1.54, 1.807) is 19.2 Å². The number of para-hydroxylation sites is 2. The fraction of sp³-hybridized carbons (Fsp3) is 0.167. The van der Waals surface area contributed by atoms with Gasteiger partial charge in [-0.3, -0.25) is 4.40 Å². The Labute approximate surface area is 213 Å². The highest BCUT2D eigenvalue weighted by Crippen LogP contribution is 2.36. The largest absolute Gasteiger partial charge is 0.420 e. The summed E-state index contributed by atoms with van der Waals surface area (Å²) < 4.78 is 15.4. The van der Waals surface area contributed by atoms with Crippen LogP contribution in [-0.4, -0.2) is 38.6 Å². The lowest BCUT2D eigenvalue weighted by atomic mass is 10.1. The summed E-state index contributed by atoms with van der Waals surface area (Å²) in [5, 5.41) is 0.684. The number of fused-ring (bicyclic) bond motifs is 5. The molecule has 3 aromatic carbocycles. The molecule has 0 aliphatic carbocycles. The molecule has 6 aromatic rings. The highest BCUT2D eigenvalue weighted by Gasteiger charge is 2.23. The monoisotopic (exact) mass is 490 g/mol. The summed E-state index contributed by atoms with van der Waals surface area (Å²) in [6, 6.07) is 23.6. The van der Waals surface area contributed by atoms with E-state index in [2.05, 4.69) is 31.2 Å². The quantitative estimate of drug-likeness (QED) is 0.268. The van der Waals surface area contributed by atoms with Crippen molar-refractivity contribution in [2.45, 2.75) is 20.4 Å². The fourth-order valence-corrected chi connectivity index (χ4v) is 4.59. The van der Waals surface area contributed by atoms with E-state index in [1.165, 1.54) is 5.56 Å². The van der Waals surface area contributed by atoms with E-state index >= 15 is 0 Å². The number of nitrogens with zero attached hydrogens (tertiary/aromatic N) is 4. The maximum absolute atomic E-state index is 13.1. The van der Waals surface area contributed by atoms with Crippen LogP contribution in [-0.2, 0) is 11.3 Å². The lowest BCUT2D eigenvalue weighted by Crippen LogP contribution is -2.08. The third-order valence-corrected chi connectivity index (χ3v) is 6.56. The van der Waals surface area contributed by atoms with Crippen LogP contribution in [0.5, 0.6) is 5.75 Å². The number of esters is 1. The predicted octanol–water partition coefficient (Wildman–Crippen LogP) is 5.99. The van der Waals surface area contributed by atoms with Crippen molar-refractivity contribution in [1.29, 1.82) is 0 Å². The Kier molecular flexibility index (Phi) is 5.70. The van der Waals surface area contributed by atoms with Crippen molar-refractivity contribution in [2.75, 3.05) is 13.7 Å². The van der Waals surface area contributed by atoms with Crippen LogP contribution in [0.15, 0.2) is 79.0 Å². The number of hydrogen-bond acceptors (Lipinski definition) is 5. The van der Waals surface area contributed by atoms with Gasteiger partial charge < -0.3 is 14.0 Å². The average molecular weight is 491 g/mol. The second kappa shape index (κ2) is 9.19. The zero-order valence-corrected chi connectivity index (χ0v) is 20.9. The Balaban J connectivity index is 1.63. The first kappa shape index (κ1) is 22.9. The zero-order valence-electron chi connectivity index (χ0n) is 20.9. The molecular formula is C30H26N4O3. The van der Waals surface area contributed by atoms with Gasteiger partial charge in [0.25, 0.3) is 0 Å². The van der Waals surface area contributed by atoms with Crippen LogP contribution in [0.1, 0.15) is 21.5 Å². The maximum atomic E-state index is 13.1. The van der Waals surface area contributed by atoms with Crippen molar-refractivity contribution in [3.05, 3.63) is 95.7 Å². The minimum Gasteiger partial charge on any atom is -0.420 e. The molecule has 0 radical (unpaired) electrons. The number of imidazole rings is 1. The number of carbonyl (C=O) groups excluding carboxylic acids is 1. The minimum atomic E-state index is -0.428. The smallest absolute Gasteiger partial charge is 0.343 e. The van der Waals surface area contributed by atoms with Gasteiger partial charge in [-0.25, -0.2) is 14.8 Å². The van der Waals surface area contributed by atoms with Crippen LogP contribution in [0.4, 0.5) is 0 Å². The number of aromatic nitrogens is 4. The third-order valence-electron chi connectivity index (χ3n) is 6.56. The first-order valence-electron chi connectivity index (χ1n) is 12.2. The second-order valence-corrected chi connectivity index (χ2v) is 9.19. The van der Waals surface area contributed by atoms with Crippen molar-refractivity contribution >= 4 is 33.7 Å². The van der Waals surface area contributed by atoms with Gasteiger partial charge in [-0.15, -0.1) is 0 Å². The molecule has 0 saturated heterocycles. The topological polar surface area (TPSA) is 70.7 Å². The third kappa shape index (κ3) is 4.03. The molecule has 3 aromatic heterocycles. The molecule has 37 heavy (non-hydrogen) atoms. The molecule has 0 unspecified atom stereocenters.